The van der Waals surface area contributed by atoms with Crippen LogP contribution >= 0.6 is 0 Å². The smallest absolute Gasteiger partial charge is 0.259 e. The van der Waals surface area contributed by atoms with Gasteiger partial charge in [-0.3, -0.25) is 9.59 Å². The van der Waals surface area contributed by atoms with Gasteiger partial charge >= 0.3 is 0 Å². The summed E-state index contributed by atoms with van der Waals surface area (Å²) >= 11 is 0. The van der Waals surface area contributed by atoms with Crippen molar-refractivity contribution in [1.29, 1.82) is 0 Å². The first-order chi connectivity index (χ1) is 14.5. The lowest BCUT2D eigenvalue weighted by molar-refractivity contribution is -0.133. The fourth-order valence-corrected chi connectivity index (χ4v) is 4.08. The number of likely N-dealkylation sites (N-methyl/N-ethyl adjacent to an activating group) is 2. The van der Waals surface area contributed by atoms with Crippen LogP contribution < -0.4 is 0 Å². The summed E-state index contributed by atoms with van der Waals surface area (Å²) in [7, 11) is 3.47. The number of carbonyl (C=O) groups is 2. The molecule has 2 amide bonds. The van der Waals surface area contributed by atoms with Gasteiger partial charge in [-0.05, 0) is 38.0 Å². The molecule has 8 heteroatoms. The number of aryl methyl sites for hydroxylation is 1. The van der Waals surface area contributed by atoms with Crippen molar-refractivity contribution in [3.63, 3.8) is 0 Å². The van der Waals surface area contributed by atoms with Crippen LogP contribution in [0.2, 0.25) is 0 Å². The third-order valence-electron chi connectivity index (χ3n) is 5.86. The predicted octanol–water partition coefficient (Wildman–Crippen LogP) is 3.65. The maximum Gasteiger partial charge on any atom is 0.259 e. The average Bonchev–Trinajstić information content (AvgIpc) is 3.43. The van der Waals surface area contributed by atoms with Crippen molar-refractivity contribution in [2.75, 3.05) is 20.6 Å². The van der Waals surface area contributed by atoms with Crippen molar-refractivity contribution < 1.29 is 18.5 Å². The number of carbonyl (C=O) groups excluding carboxylic acids is 2. The van der Waals surface area contributed by atoms with Gasteiger partial charge in [0, 0.05) is 20.1 Å². The molecule has 1 aliphatic carbocycles. The van der Waals surface area contributed by atoms with Gasteiger partial charge in [0.2, 0.25) is 5.91 Å². The lowest BCUT2D eigenvalue weighted by Gasteiger charge is -2.32. The van der Waals surface area contributed by atoms with Gasteiger partial charge in [0.1, 0.15) is 5.69 Å². The van der Waals surface area contributed by atoms with Crippen LogP contribution in [0.1, 0.15) is 48.2 Å². The Morgan fingerprint density at radius 2 is 1.97 bits per heavy atom. The molecule has 1 aliphatic rings. The quantitative estimate of drug-likeness (QED) is 0.637. The Labute approximate surface area is 174 Å². The molecule has 4 rings (SSSR count). The average molecular weight is 410 g/mol. The Hall–Kier alpha value is -3.16. The van der Waals surface area contributed by atoms with E-state index in [4.69, 9.17) is 8.94 Å². The molecule has 0 saturated heterocycles. The highest BCUT2D eigenvalue weighted by Crippen LogP contribution is 2.28. The van der Waals surface area contributed by atoms with Crippen LogP contribution in [0.4, 0.5) is 0 Å². The monoisotopic (exact) mass is 410 g/mol. The largest absolute Gasteiger partial charge is 0.463 e. The zero-order valence-corrected chi connectivity index (χ0v) is 17.6. The third kappa shape index (κ3) is 3.81. The van der Waals surface area contributed by atoms with E-state index in [9.17, 15) is 9.59 Å². The first-order valence-corrected chi connectivity index (χ1v) is 10.3. The molecule has 0 N–H and O–H groups in total. The van der Waals surface area contributed by atoms with Crippen LogP contribution in [0.5, 0.6) is 0 Å². The molecule has 0 aliphatic heterocycles. The minimum atomic E-state index is -0.285. The number of amides is 2. The van der Waals surface area contributed by atoms with Crippen molar-refractivity contribution in [2.45, 2.75) is 45.1 Å². The van der Waals surface area contributed by atoms with Gasteiger partial charge in [-0.15, -0.1) is 0 Å². The van der Waals surface area contributed by atoms with Crippen LogP contribution in [-0.4, -0.2) is 58.4 Å². The highest BCUT2D eigenvalue weighted by Gasteiger charge is 2.26. The van der Waals surface area contributed by atoms with E-state index in [0.717, 1.165) is 25.7 Å². The summed E-state index contributed by atoms with van der Waals surface area (Å²) in [6.45, 7) is 1.77. The van der Waals surface area contributed by atoms with E-state index in [1.54, 1.807) is 43.3 Å². The molecule has 3 aromatic heterocycles. The molecule has 1 saturated carbocycles. The minimum absolute atomic E-state index is 0.00998. The van der Waals surface area contributed by atoms with Gasteiger partial charge in [0.15, 0.2) is 5.76 Å². The van der Waals surface area contributed by atoms with Gasteiger partial charge in [0.25, 0.3) is 11.6 Å². The third-order valence-corrected chi connectivity index (χ3v) is 5.86. The lowest BCUT2D eigenvalue weighted by Crippen LogP contribution is -2.44. The van der Waals surface area contributed by atoms with Crippen LogP contribution in [0, 0.1) is 6.92 Å². The zero-order chi connectivity index (χ0) is 21.3. The topological polar surface area (TPSA) is 92.7 Å². The van der Waals surface area contributed by atoms with Crippen molar-refractivity contribution in [3.05, 3.63) is 35.7 Å². The Morgan fingerprint density at radius 3 is 2.67 bits per heavy atom. The Kier molecular flexibility index (Phi) is 5.57. The number of fused-ring (bicyclic) bond motifs is 1. The summed E-state index contributed by atoms with van der Waals surface area (Å²) in [5.41, 5.74) is 1.71. The number of hydrogen-bond donors (Lipinski definition) is 0. The highest BCUT2D eigenvalue weighted by atomic mass is 16.5. The first-order valence-electron chi connectivity index (χ1n) is 10.3. The number of hydrogen-bond acceptors (Lipinski definition) is 6. The number of furan rings is 1. The molecular weight excluding hydrogens is 384 g/mol. The Balaban J connectivity index is 1.58. The van der Waals surface area contributed by atoms with Gasteiger partial charge in [-0.1, -0.05) is 24.4 Å². The minimum Gasteiger partial charge on any atom is -0.463 e. The fourth-order valence-electron chi connectivity index (χ4n) is 4.08. The normalized spacial score (nSPS) is 14.8. The van der Waals surface area contributed by atoms with Crippen LogP contribution in [0.3, 0.4) is 0 Å². The maximum atomic E-state index is 13.3. The van der Waals surface area contributed by atoms with Crippen molar-refractivity contribution in [2.24, 2.45) is 0 Å². The molecule has 0 aromatic carbocycles. The van der Waals surface area contributed by atoms with Crippen molar-refractivity contribution >= 4 is 22.9 Å². The summed E-state index contributed by atoms with van der Waals surface area (Å²) in [5, 5.41) is 4.51. The number of nitrogens with zero attached hydrogens (tertiary/aromatic N) is 4. The second-order valence-electron chi connectivity index (χ2n) is 7.94. The second kappa shape index (κ2) is 8.30. The molecular formula is C22H26N4O4. The van der Waals surface area contributed by atoms with E-state index in [0.29, 0.717) is 28.1 Å². The molecule has 0 bridgehead atoms. The Bertz CT molecular complexity index is 1050. The number of aromatic nitrogens is 2. The van der Waals surface area contributed by atoms with E-state index in [1.165, 1.54) is 11.3 Å². The molecule has 1 fully saturated rings. The predicted molar refractivity (Wildman–Crippen MR) is 111 cm³/mol. The standard InChI is InChI=1S/C22H26N4O4/c1-14-20-16(12-17(18-10-7-11-29-18)23-21(20)30-24-14)22(28)25(2)13-19(27)26(3)15-8-5-4-6-9-15/h7,10-12,15H,4-6,8-9,13H2,1-3H3. The SMILES string of the molecule is Cc1noc2nc(-c3ccco3)cc(C(=O)N(C)CC(=O)N(C)C3CCCCC3)c12. The van der Waals surface area contributed by atoms with Gasteiger partial charge < -0.3 is 18.7 Å². The van der Waals surface area contributed by atoms with Gasteiger partial charge in [-0.2, -0.15) is 0 Å². The van der Waals surface area contributed by atoms with E-state index >= 15 is 0 Å². The van der Waals surface area contributed by atoms with Gasteiger partial charge in [-0.25, -0.2) is 4.98 Å². The molecule has 0 radical (unpaired) electrons. The molecule has 0 unspecified atom stereocenters. The lowest BCUT2D eigenvalue weighted by atomic mass is 9.94. The fraction of sp³-hybridized carbons (Fsp3) is 0.455. The van der Waals surface area contributed by atoms with E-state index < -0.39 is 0 Å². The molecule has 3 heterocycles. The summed E-state index contributed by atoms with van der Waals surface area (Å²) in [6, 6.07) is 5.44. The number of rotatable bonds is 5. The molecule has 158 valence electrons. The molecule has 30 heavy (non-hydrogen) atoms. The molecule has 0 atom stereocenters. The maximum absolute atomic E-state index is 13.3. The van der Waals surface area contributed by atoms with E-state index in [1.807, 2.05) is 7.05 Å². The summed E-state index contributed by atoms with van der Waals surface area (Å²) in [5.74, 6) is 0.180. The summed E-state index contributed by atoms with van der Waals surface area (Å²) in [4.78, 5) is 33.7. The molecule has 8 nitrogen and oxygen atoms in total. The zero-order valence-electron chi connectivity index (χ0n) is 17.6. The molecule has 0 spiro atoms. The summed E-state index contributed by atoms with van der Waals surface area (Å²) in [6.07, 6.45) is 7.11. The Morgan fingerprint density at radius 1 is 1.20 bits per heavy atom. The van der Waals surface area contributed by atoms with Crippen LogP contribution in [0.25, 0.3) is 22.6 Å². The highest BCUT2D eigenvalue weighted by molar-refractivity contribution is 6.07. The van der Waals surface area contributed by atoms with Crippen molar-refractivity contribution in [3.8, 4) is 11.5 Å². The van der Waals surface area contributed by atoms with E-state index in [2.05, 4.69) is 10.1 Å². The number of pyridine rings is 1. The first kappa shape index (κ1) is 20.1. The van der Waals surface area contributed by atoms with Crippen molar-refractivity contribution in [1.82, 2.24) is 19.9 Å². The van der Waals surface area contributed by atoms with Gasteiger partial charge in [0.05, 0.1) is 29.5 Å². The van der Waals surface area contributed by atoms with E-state index in [-0.39, 0.29) is 30.1 Å². The second-order valence-corrected chi connectivity index (χ2v) is 7.94. The van der Waals surface area contributed by atoms with Crippen LogP contribution in [0.15, 0.2) is 33.4 Å². The molecule has 3 aromatic rings. The van der Waals surface area contributed by atoms with Crippen LogP contribution in [-0.2, 0) is 4.79 Å². The summed E-state index contributed by atoms with van der Waals surface area (Å²) < 4.78 is 10.7.